The maximum Gasteiger partial charge on any atom is 0.224 e. The first-order valence-electron chi connectivity index (χ1n) is 6.72. The summed E-state index contributed by atoms with van der Waals surface area (Å²) >= 11 is 6.22. The molecule has 0 fully saturated rings. The minimum atomic E-state index is -0.146. The van der Waals surface area contributed by atoms with E-state index in [1.165, 1.54) is 0 Å². The highest BCUT2D eigenvalue weighted by Crippen LogP contribution is 2.35. The van der Waals surface area contributed by atoms with Crippen molar-refractivity contribution in [3.63, 3.8) is 0 Å². The fourth-order valence-electron chi connectivity index (χ4n) is 2.26. The Morgan fingerprint density at radius 3 is 2.57 bits per heavy atom. The van der Waals surface area contributed by atoms with Gasteiger partial charge in [-0.05, 0) is 25.1 Å². The molecule has 3 aromatic rings. The van der Waals surface area contributed by atoms with Crippen molar-refractivity contribution in [1.82, 2.24) is 4.98 Å². The molecule has 1 aromatic heterocycles. The average Bonchev–Trinajstić information content (AvgIpc) is 2.51. The topological polar surface area (TPSA) is 48.1 Å². The molecule has 2 aromatic carbocycles. The number of rotatable bonds is 3. The minimum absolute atomic E-state index is 0.146. The molecule has 0 amide bonds. The zero-order valence-corrected chi connectivity index (χ0v) is 12.3. The van der Waals surface area contributed by atoms with Gasteiger partial charge in [-0.1, -0.05) is 41.9 Å². The minimum Gasteiger partial charge on any atom is -0.438 e. The highest BCUT2D eigenvalue weighted by atomic mass is 35.5. The van der Waals surface area contributed by atoms with E-state index in [1.54, 1.807) is 6.20 Å². The van der Waals surface area contributed by atoms with Crippen molar-refractivity contribution in [2.45, 2.75) is 13.0 Å². The molecule has 1 heterocycles. The Balaban J connectivity index is 2.09. The van der Waals surface area contributed by atoms with Crippen LogP contribution in [0.1, 0.15) is 18.5 Å². The first-order valence-corrected chi connectivity index (χ1v) is 7.10. The Morgan fingerprint density at radius 1 is 1.05 bits per heavy atom. The van der Waals surface area contributed by atoms with Gasteiger partial charge in [-0.2, -0.15) is 0 Å². The standard InChI is InChI=1S/C17H15ClN2O/c1-11(19)12-7-4-10-20-17(12)21-16-9-8-15(18)13-5-2-3-6-14(13)16/h2-11H,19H2,1H3. The number of ether oxygens (including phenoxy) is 1. The van der Waals surface area contributed by atoms with Crippen LogP contribution < -0.4 is 10.5 Å². The van der Waals surface area contributed by atoms with Gasteiger partial charge in [-0.15, -0.1) is 0 Å². The smallest absolute Gasteiger partial charge is 0.224 e. The SMILES string of the molecule is CC(N)c1cccnc1Oc1ccc(Cl)c2ccccc12. The molecular formula is C17H15ClN2O. The van der Waals surface area contributed by atoms with Crippen molar-refractivity contribution < 1.29 is 4.74 Å². The number of fused-ring (bicyclic) bond motifs is 1. The van der Waals surface area contributed by atoms with Crippen LogP contribution >= 0.6 is 11.6 Å². The molecule has 0 saturated carbocycles. The van der Waals surface area contributed by atoms with Gasteiger partial charge in [-0.25, -0.2) is 4.98 Å². The summed E-state index contributed by atoms with van der Waals surface area (Å²) in [7, 11) is 0. The zero-order chi connectivity index (χ0) is 14.8. The van der Waals surface area contributed by atoms with Crippen LogP contribution in [0.25, 0.3) is 10.8 Å². The van der Waals surface area contributed by atoms with Gasteiger partial charge in [0.2, 0.25) is 5.88 Å². The van der Waals surface area contributed by atoms with Crippen molar-refractivity contribution >= 4 is 22.4 Å². The number of hydrogen-bond donors (Lipinski definition) is 1. The second-order valence-electron chi connectivity index (χ2n) is 4.88. The molecule has 4 heteroatoms. The lowest BCUT2D eigenvalue weighted by atomic mass is 10.1. The summed E-state index contributed by atoms with van der Waals surface area (Å²) in [5.41, 5.74) is 6.84. The third kappa shape index (κ3) is 2.71. The Morgan fingerprint density at radius 2 is 1.81 bits per heavy atom. The summed E-state index contributed by atoms with van der Waals surface area (Å²) in [5, 5.41) is 2.60. The lowest BCUT2D eigenvalue weighted by molar-refractivity contribution is 0.457. The van der Waals surface area contributed by atoms with Gasteiger partial charge >= 0.3 is 0 Å². The van der Waals surface area contributed by atoms with Gasteiger partial charge in [0.05, 0.1) is 0 Å². The molecule has 2 N–H and O–H groups in total. The van der Waals surface area contributed by atoms with Crippen molar-refractivity contribution in [3.8, 4) is 11.6 Å². The average molecular weight is 299 g/mol. The second kappa shape index (κ2) is 5.72. The van der Waals surface area contributed by atoms with E-state index < -0.39 is 0 Å². The fourth-order valence-corrected chi connectivity index (χ4v) is 2.49. The Kier molecular flexibility index (Phi) is 3.78. The summed E-state index contributed by atoms with van der Waals surface area (Å²) in [5.74, 6) is 1.25. The van der Waals surface area contributed by atoms with E-state index in [0.717, 1.165) is 22.1 Å². The normalized spacial score (nSPS) is 12.3. The molecule has 106 valence electrons. The molecule has 0 aliphatic rings. The van der Waals surface area contributed by atoms with Crippen LogP contribution in [-0.2, 0) is 0 Å². The lowest BCUT2D eigenvalue weighted by Crippen LogP contribution is -2.07. The van der Waals surface area contributed by atoms with E-state index >= 15 is 0 Å². The van der Waals surface area contributed by atoms with Gasteiger partial charge in [-0.3, -0.25) is 0 Å². The molecule has 1 unspecified atom stereocenters. The predicted octanol–water partition coefficient (Wildman–Crippen LogP) is 4.70. The van der Waals surface area contributed by atoms with Crippen LogP contribution in [0.5, 0.6) is 11.6 Å². The van der Waals surface area contributed by atoms with Crippen molar-refractivity contribution in [3.05, 3.63) is 65.3 Å². The molecule has 21 heavy (non-hydrogen) atoms. The highest BCUT2D eigenvalue weighted by Gasteiger charge is 2.12. The number of pyridine rings is 1. The van der Waals surface area contributed by atoms with Gasteiger partial charge < -0.3 is 10.5 Å². The lowest BCUT2D eigenvalue weighted by Gasteiger charge is -2.14. The summed E-state index contributed by atoms with van der Waals surface area (Å²) in [4.78, 5) is 4.29. The summed E-state index contributed by atoms with van der Waals surface area (Å²) in [6, 6.07) is 15.2. The number of aromatic nitrogens is 1. The van der Waals surface area contributed by atoms with Crippen LogP contribution in [0.15, 0.2) is 54.7 Å². The van der Waals surface area contributed by atoms with Crippen molar-refractivity contribution in [2.75, 3.05) is 0 Å². The number of benzene rings is 2. The van der Waals surface area contributed by atoms with E-state index in [-0.39, 0.29) is 6.04 Å². The van der Waals surface area contributed by atoms with Gasteiger partial charge in [0.15, 0.2) is 0 Å². The largest absolute Gasteiger partial charge is 0.438 e. The van der Waals surface area contributed by atoms with Crippen LogP contribution in [0.2, 0.25) is 5.02 Å². The quantitative estimate of drug-likeness (QED) is 0.762. The first-order chi connectivity index (χ1) is 10.2. The molecule has 0 spiro atoms. The van der Waals surface area contributed by atoms with Gasteiger partial charge in [0.25, 0.3) is 0 Å². The number of nitrogens with two attached hydrogens (primary N) is 1. The maximum atomic E-state index is 6.22. The molecule has 3 nitrogen and oxygen atoms in total. The van der Waals surface area contributed by atoms with Crippen LogP contribution in [0.4, 0.5) is 0 Å². The molecular weight excluding hydrogens is 284 g/mol. The first kappa shape index (κ1) is 13.9. The molecule has 3 rings (SSSR count). The van der Waals surface area contributed by atoms with E-state index in [9.17, 15) is 0 Å². The van der Waals surface area contributed by atoms with E-state index in [4.69, 9.17) is 22.1 Å². The van der Waals surface area contributed by atoms with E-state index in [1.807, 2.05) is 55.5 Å². The Labute approximate surface area is 128 Å². The maximum absolute atomic E-state index is 6.22. The fraction of sp³-hybridized carbons (Fsp3) is 0.118. The third-order valence-corrected chi connectivity index (χ3v) is 3.66. The van der Waals surface area contributed by atoms with Crippen molar-refractivity contribution in [1.29, 1.82) is 0 Å². The summed E-state index contributed by atoms with van der Waals surface area (Å²) < 4.78 is 5.99. The summed E-state index contributed by atoms with van der Waals surface area (Å²) in [6.45, 7) is 1.91. The molecule has 0 saturated heterocycles. The summed E-state index contributed by atoms with van der Waals surface area (Å²) in [6.07, 6.45) is 1.69. The van der Waals surface area contributed by atoms with Crippen molar-refractivity contribution in [2.24, 2.45) is 5.73 Å². The Hall–Kier alpha value is -2.10. The second-order valence-corrected chi connectivity index (χ2v) is 5.29. The van der Waals surface area contributed by atoms with Crippen LogP contribution in [-0.4, -0.2) is 4.98 Å². The molecule has 1 atom stereocenters. The number of nitrogens with zero attached hydrogens (tertiary/aromatic N) is 1. The Bertz CT molecular complexity index is 787. The monoisotopic (exact) mass is 298 g/mol. The van der Waals surface area contributed by atoms with Gasteiger partial charge in [0.1, 0.15) is 5.75 Å². The highest BCUT2D eigenvalue weighted by molar-refractivity contribution is 6.35. The molecule has 0 aliphatic heterocycles. The molecule has 0 aliphatic carbocycles. The third-order valence-electron chi connectivity index (χ3n) is 3.33. The number of hydrogen-bond acceptors (Lipinski definition) is 3. The van der Waals surface area contributed by atoms with Crippen LogP contribution in [0.3, 0.4) is 0 Å². The van der Waals surface area contributed by atoms with Gasteiger partial charge in [0, 0.05) is 33.6 Å². The predicted molar refractivity (Wildman–Crippen MR) is 85.9 cm³/mol. The van der Waals surface area contributed by atoms with E-state index in [2.05, 4.69) is 4.98 Å². The van der Waals surface area contributed by atoms with E-state index in [0.29, 0.717) is 10.9 Å². The number of halogens is 1. The molecule has 0 bridgehead atoms. The molecule has 0 radical (unpaired) electrons. The zero-order valence-electron chi connectivity index (χ0n) is 11.6. The van der Waals surface area contributed by atoms with Crippen LogP contribution in [0, 0.1) is 0 Å².